The molecule has 2 rings (SSSR count). The van der Waals surface area contributed by atoms with Crippen LogP contribution in [0.1, 0.15) is 39.2 Å². The van der Waals surface area contributed by atoms with Gasteiger partial charge in [-0.05, 0) is 25.0 Å². The summed E-state index contributed by atoms with van der Waals surface area (Å²) in [6, 6.07) is 9.12. The van der Waals surface area contributed by atoms with Gasteiger partial charge >= 0.3 is 0 Å². The van der Waals surface area contributed by atoms with E-state index in [1.165, 1.54) is 17.0 Å². The Morgan fingerprint density at radius 2 is 2.04 bits per heavy atom. The molecule has 5 heteroatoms. The maximum absolute atomic E-state index is 13.0. The van der Waals surface area contributed by atoms with E-state index in [0.29, 0.717) is 19.1 Å². The molecule has 2 N–H and O–H groups in total. The van der Waals surface area contributed by atoms with Crippen LogP contribution in [0.5, 0.6) is 0 Å². The van der Waals surface area contributed by atoms with Crippen LogP contribution in [0.4, 0.5) is 4.39 Å². The number of hydrogen-bond donors (Lipinski definition) is 2. The van der Waals surface area contributed by atoms with Crippen LogP contribution >= 0.6 is 0 Å². The van der Waals surface area contributed by atoms with Crippen molar-refractivity contribution in [1.82, 2.24) is 5.32 Å². The molecule has 4 nitrogen and oxygen atoms in total. The molecule has 0 bridgehead atoms. The summed E-state index contributed by atoms with van der Waals surface area (Å²) in [5.74, 6) is -0.314. The molecule has 1 aliphatic rings. The van der Waals surface area contributed by atoms with Crippen molar-refractivity contribution in [2.24, 2.45) is 5.92 Å². The van der Waals surface area contributed by atoms with E-state index in [9.17, 15) is 14.4 Å². The van der Waals surface area contributed by atoms with Gasteiger partial charge in [0.2, 0.25) is 0 Å². The van der Waals surface area contributed by atoms with E-state index in [0.717, 1.165) is 18.4 Å². The van der Waals surface area contributed by atoms with Gasteiger partial charge in [-0.3, -0.25) is 4.79 Å². The van der Waals surface area contributed by atoms with Gasteiger partial charge in [0.15, 0.2) is 6.54 Å². The van der Waals surface area contributed by atoms with Crippen LogP contribution in [0.25, 0.3) is 0 Å². The first-order valence-corrected chi connectivity index (χ1v) is 8.15. The molecule has 23 heavy (non-hydrogen) atoms. The van der Waals surface area contributed by atoms with E-state index >= 15 is 0 Å². The first-order chi connectivity index (χ1) is 10.8. The van der Waals surface area contributed by atoms with Gasteiger partial charge in [0.1, 0.15) is 17.9 Å². The Morgan fingerprint density at radius 1 is 1.43 bits per heavy atom. The molecule has 0 radical (unpaired) electrons. The summed E-state index contributed by atoms with van der Waals surface area (Å²) >= 11 is 0. The molecule has 0 aromatic heterocycles. The Kier molecular flexibility index (Phi) is 5.38. The highest BCUT2D eigenvalue weighted by Crippen LogP contribution is 2.17. The SMILES string of the molecule is CC(C)[C@@](C)(C#N)NC(=O)C[NH+](Cc1ccc(F)cc1)C1CC1. The number of hydrogen-bond acceptors (Lipinski definition) is 2. The van der Waals surface area contributed by atoms with Crippen LogP contribution in [0.2, 0.25) is 0 Å². The lowest BCUT2D eigenvalue weighted by Gasteiger charge is -2.28. The summed E-state index contributed by atoms with van der Waals surface area (Å²) in [4.78, 5) is 13.5. The van der Waals surface area contributed by atoms with Crippen molar-refractivity contribution in [2.45, 2.75) is 51.7 Å². The van der Waals surface area contributed by atoms with Gasteiger partial charge in [-0.15, -0.1) is 0 Å². The zero-order valence-electron chi connectivity index (χ0n) is 14.0. The van der Waals surface area contributed by atoms with Crippen molar-refractivity contribution >= 4 is 5.91 Å². The molecule has 1 aliphatic carbocycles. The van der Waals surface area contributed by atoms with Crippen molar-refractivity contribution in [3.8, 4) is 6.07 Å². The summed E-state index contributed by atoms with van der Waals surface area (Å²) in [6.45, 7) is 6.64. The number of amides is 1. The highest BCUT2D eigenvalue weighted by Gasteiger charge is 2.36. The minimum absolute atomic E-state index is 0.0397. The standard InChI is InChI=1S/C18H24FN3O/c1-13(2)18(3,12-20)21-17(23)11-22(16-8-9-16)10-14-4-6-15(19)7-5-14/h4-7,13,16H,8-11H2,1-3H3,(H,21,23)/p+1/t18-/m1/s1. The van der Waals surface area contributed by atoms with Crippen LogP contribution in [-0.4, -0.2) is 24.0 Å². The summed E-state index contributed by atoms with van der Waals surface area (Å²) in [7, 11) is 0. The third kappa shape index (κ3) is 4.77. The first-order valence-electron chi connectivity index (χ1n) is 8.15. The number of carbonyl (C=O) groups excluding carboxylic acids is 1. The van der Waals surface area contributed by atoms with E-state index in [-0.39, 0.29) is 17.6 Å². The van der Waals surface area contributed by atoms with Crippen molar-refractivity contribution in [2.75, 3.05) is 6.54 Å². The average Bonchev–Trinajstić information content (AvgIpc) is 3.33. The highest BCUT2D eigenvalue weighted by molar-refractivity contribution is 5.78. The second kappa shape index (κ2) is 7.10. The van der Waals surface area contributed by atoms with Crippen molar-refractivity contribution < 1.29 is 14.1 Å². The number of halogens is 1. The van der Waals surface area contributed by atoms with Crippen molar-refractivity contribution in [3.63, 3.8) is 0 Å². The normalized spacial score (nSPS) is 18.1. The Bertz CT molecular complexity index is 589. The van der Waals surface area contributed by atoms with E-state index in [1.54, 1.807) is 19.1 Å². The van der Waals surface area contributed by atoms with Crippen LogP contribution < -0.4 is 10.2 Å². The fraction of sp³-hybridized carbons (Fsp3) is 0.556. The fourth-order valence-corrected chi connectivity index (χ4v) is 2.55. The third-order valence-electron chi connectivity index (χ3n) is 4.67. The molecule has 1 saturated carbocycles. The van der Waals surface area contributed by atoms with Crippen LogP contribution in [0, 0.1) is 23.1 Å². The number of benzene rings is 1. The summed E-state index contributed by atoms with van der Waals surface area (Å²) < 4.78 is 13.0. The Labute approximate surface area is 137 Å². The van der Waals surface area contributed by atoms with E-state index in [1.807, 2.05) is 13.8 Å². The Balaban J connectivity index is 1.98. The third-order valence-corrected chi connectivity index (χ3v) is 4.67. The smallest absolute Gasteiger partial charge is 0.276 e. The topological polar surface area (TPSA) is 57.3 Å². The Hall–Kier alpha value is -1.93. The molecular formula is C18H25FN3O+. The van der Waals surface area contributed by atoms with Gasteiger partial charge in [-0.2, -0.15) is 5.26 Å². The van der Waals surface area contributed by atoms with Crippen molar-refractivity contribution in [1.29, 1.82) is 5.26 Å². The summed E-state index contributed by atoms with van der Waals surface area (Å²) in [6.07, 6.45) is 2.23. The fourth-order valence-electron chi connectivity index (χ4n) is 2.55. The Morgan fingerprint density at radius 3 is 2.52 bits per heavy atom. The van der Waals surface area contributed by atoms with Crippen LogP contribution in [0.15, 0.2) is 24.3 Å². The minimum atomic E-state index is -0.846. The minimum Gasteiger partial charge on any atom is -0.333 e. The van der Waals surface area contributed by atoms with E-state index in [4.69, 9.17) is 0 Å². The molecule has 1 aromatic carbocycles. The predicted octanol–water partition coefficient (Wildman–Crippen LogP) is 1.43. The van der Waals surface area contributed by atoms with E-state index in [2.05, 4.69) is 11.4 Å². The van der Waals surface area contributed by atoms with Gasteiger partial charge in [0.05, 0.1) is 12.1 Å². The first kappa shape index (κ1) is 17.4. The molecule has 0 spiro atoms. The lowest BCUT2D eigenvalue weighted by Crippen LogP contribution is -3.13. The molecule has 0 aliphatic heterocycles. The highest BCUT2D eigenvalue weighted by atomic mass is 19.1. The van der Waals surface area contributed by atoms with Gasteiger partial charge in [0.25, 0.3) is 5.91 Å². The lowest BCUT2D eigenvalue weighted by atomic mass is 9.90. The number of carbonyl (C=O) groups is 1. The zero-order valence-corrected chi connectivity index (χ0v) is 14.0. The van der Waals surface area contributed by atoms with E-state index < -0.39 is 5.54 Å². The number of nitrogens with zero attached hydrogens (tertiary/aromatic N) is 1. The molecule has 124 valence electrons. The maximum Gasteiger partial charge on any atom is 0.276 e. The lowest BCUT2D eigenvalue weighted by molar-refractivity contribution is -0.917. The second-order valence-corrected chi connectivity index (χ2v) is 6.93. The molecule has 0 heterocycles. The maximum atomic E-state index is 13.0. The monoisotopic (exact) mass is 318 g/mol. The molecule has 2 atom stereocenters. The van der Waals surface area contributed by atoms with Gasteiger partial charge in [-0.1, -0.05) is 26.0 Å². The summed E-state index contributed by atoms with van der Waals surface area (Å²) in [5, 5.41) is 12.2. The molecule has 0 saturated heterocycles. The van der Waals surface area contributed by atoms with Gasteiger partial charge in [0, 0.05) is 18.4 Å². The molecule has 1 amide bonds. The average molecular weight is 318 g/mol. The molecule has 1 fully saturated rings. The number of nitriles is 1. The predicted molar refractivity (Wildman–Crippen MR) is 86.0 cm³/mol. The van der Waals surface area contributed by atoms with Gasteiger partial charge in [-0.25, -0.2) is 4.39 Å². The number of quaternary nitrogens is 1. The quantitative estimate of drug-likeness (QED) is 0.799. The van der Waals surface area contributed by atoms with Crippen LogP contribution in [-0.2, 0) is 11.3 Å². The largest absolute Gasteiger partial charge is 0.333 e. The number of rotatable bonds is 7. The van der Waals surface area contributed by atoms with Crippen LogP contribution in [0.3, 0.4) is 0 Å². The molecular weight excluding hydrogens is 293 g/mol. The number of nitrogens with one attached hydrogen (secondary N) is 2. The van der Waals surface area contributed by atoms with Gasteiger partial charge < -0.3 is 10.2 Å². The molecule has 1 unspecified atom stereocenters. The van der Waals surface area contributed by atoms with Crippen molar-refractivity contribution in [3.05, 3.63) is 35.6 Å². The zero-order chi connectivity index (χ0) is 17.0. The summed E-state index contributed by atoms with van der Waals surface area (Å²) in [5.41, 5.74) is 0.176. The second-order valence-electron chi connectivity index (χ2n) is 6.93. The molecule has 1 aromatic rings.